The molecule has 0 aliphatic rings. The molecule has 0 saturated heterocycles. The van der Waals surface area contributed by atoms with Crippen molar-refractivity contribution >= 4 is 35.5 Å². The molecule has 0 aliphatic carbocycles. The predicted molar refractivity (Wildman–Crippen MR) is 167 cm³/mol. The topological polar surface area (TPSA) is 203 Å². The van der Waals surface area contributed by atoms with Crippen LogP contribution < -0.4 is 26.6 Å². The number of carbonyl (C=O) groups is 6. The molecule has 0 rings (SSSR count). The Hall–Kier alpha value is -3.22. The Morgan fingerprint density at radius 2 is 1.30 bits per heavy atom. The number of carboxylic acids is 1. The molecular formula is C31H57N5O8. The largest absolute Gasteiger partial charge is 0.481 e. The van der Waals surface area contributed by atoms with Crippen molar-refractivity contribution in [1.82, 2.24) is 26.6 Å². The average Bonchev–Trinajstić information content (AvgIpc) is 2.94. The van der Waals surface area contributed by atoms with Crippen LogP contribution in [0.3, 0.4) is 0 Å². The molecule has 0 spiro atoms. The monoisotopic (exact) mass is 627 g/mol. The van der Waals surface area contributed by atoms with Gasteiger partial charge in [-0.05, 0) is 44.4 Å². The summed E-state index contributed by atoms with van der Waals surface area (Å²) in [5.74, 6) is -3.52. The molecular weight excluding hydrogens is 570 g/mol. The van der Waals surface area contributed by atoms with Gasteiger partial charge >= 0.3 is 5.97 Å². The minimum Gasteiger partial charge on any atom is -0.481 e. The van der Waals surface area contributed by atoms with Gasteiger partial charge in [0, 0.05) is 19.4 Å². The van der Waals surface area contributed by atoms with Gasteiger partial charge in [-0.1, -0.05) is 60.8 Å². The number of aliphatic hydroxyl groups excluding tert-OH is 1. The van der Waals surface area contributed by atoms with Crippen LogP contribution in [0.2, 0.25) is 0 Å². The van der Waals surface area contributed by atoms with Crippen LogP contribution in [0.1, 0.15) is 113 Å². The molecule has 44 heavy (non-hydrogen) atoms. The molecule has 0 bridgehead atoms. The van der Waals surface area contributed by atoms with Gasteiger partial charge in [0.15, 0.2) is 0 Å². The van der Waals surface area contributed by atoms with Crippen molar-refractivity contribution in [3.8, 4) is 0 Å². The zero-order chi connectivity index (χ0) is 33.8. The number of aliphatic carboxylic acids is 1. The first-order valence-electron chi connectivity index (χ1n) is 16.1. The van der Waals surface area contributed by atoms with Crippen LogP contribution >= 0.6 is 0 Å². The van der Waals surface area contributed by atoms with Gasteiger partial charge in [0.25, 0.3) is 0 Å². The molecule has 0 fully saturated rings. The normalized spacial score (nSPS) is 15.2. The second kappa shape index (κ2) is 22.3. The number of carboxylic acid groups (broad SMARTS) is 1. The second-order valence-electron chi connectivity index (χ2n) is 11.8. The fraction of sp³-hybridized carbons (Fsp3) is 0.806. The first kappa shape index (κ1) is 40.8. The van der Waals surface area contributed by atoms with Crippen molar-refractivity contribution < 1.29 is 39.0 Å². The summed E-state index contributed by atoms with van der Waals surface area (Å²) in [7, 11) is 0. The molecule has 13 nitrogen and oxygen atoms in total. The highest BCUT2D eigenvalue weighted by Gasteiger charge is 2.32. The summed E-state index contributed by atoms with van der Waals surface area (Å²) in [6, 6.07) is -3.40. The van der Waals surface area contributed by atoms with Gasteiger partial charge in [-0.3, -0.25) is 28.8 Å². The molecule has 0 aromatic heterocycles. The van der Waals surface area contributed by atoms with Gasteiger partial charge in [-0.25, -0.2) is 0 Å². The molecule has 5 amide bonds. The summed E-state index contributed by atoms with van der Waals surface area (Å²) in [6.45, 7) is 13.5. The van der Waals surface area contributed by atoms with E-state index in [0.717, 1.165) is 0 Å². The molecule has 7 N–H and O–H groups in total. The summed E-state index contributed by atoms with van der Waals surface area (Å²) in [6.07, 6.45) is 1.28. The molecule has 0 saturated carbocycles. The van der Waals surface area contributed by atoms with Gasteiger partial charge in [-0.15, -0.1) is 0 Å². The van der Waals surface area contributed by atoms with Crippen molar-refractivity contribution in [1.29, 1.82) is 0 Å². The number of hydrogen-bond acceptors (Lipinski definition) is 7. The molecule has 6 atom stereocenters. The minimum absolute atomic E-state index is 0.0454. The van der Waals surface area contributed by atoms with Crippen LogP contribution in [-0.4, -0.2) is 82.5 Å². The van der Waals surface area contributed by atoms with E-state index in [1.165, 1.54) is 0 Å². The molecule has 0 radical (unpaired) electrons. The van der Waals surface area contributed by atoms with E-state index >= 15 is 0 Å². The maximum absolute atomic E-state index is 13.4. The summed E-state index contributed by atoms with van der Waals surface area (Å²) >= 11 is 0. The molecule has 0 aromatic carbocycles. The third-order valence-electron chi connectivity index (χ3n) is 7.31. The van der Waals surface area contributed by atoms with E-state index in [1.54, 1.807) is 13.8 Å². The van der Waals surface area contributed by atoms with E-state index in [2.05, 4.69) is 26.6 Å². The molecule has 0 unspecified atom stereocenters. The Labute approximate surface area is 262 Å². The Balaban J connectivity index is 5.62. The van der Waals surface area contributed by atoms with Gasteiger partial charge in [-0.2, -0.15) is 0 Å². The van der Waals surface area contributed by atoms with Crippen molar-refractivity contribution in [3.63, 3.8) is 0 Å². The summed E-state index contributed by atoms with van der Waals surface area (Å²) in [5, 5.41) is 33.5. The average molecular weight is 628 g/mol. The fourth-order valence-electron chi connectivity index (χ4n) is 4.71. The molecule has 254 valence electrons. The number of amides is 5. The maximum atomic E-state index is 13.4. The van der Waals surface area contributed by atoms with E-state index in [4.69, 9.17) is 5.11 Å². The van der Waals surface area contributed by atoms with Crippen molar-refractivity contribution in [2.24, 2.45) is 11.8 Å². The third-order valence-corrected chi connectivity index (χ3v) is 7.31. The highest BCUT2D eigenvalue weighted by atomic mass is 16.4. The minimum atomic E-state index is -1.24. The Morgan fingerprint density at radius 3 is 1.80 bits per heavy atom. The van der Waals surface area contributed by atoms with E-state index < -0.39 is 59.9 Å². The fourth-order valence-corrected chi connectivity index (χ4v) is 4.71. The standard InChI is InChI=1S/C31H57N5O8/c1-8-13-21(29(42)32-11-4)33-26(39)18-24(37)23(17-19(5)6)35-30(43)22(14-9-2)34-31(44)28(20(7)10-3)36-25(38)15-12-16-27(40)41/h19-24,28,37H,8-18H2,1-7H3,(H,32,42)(H,33,39)(H,34,44)(H,35,43)(H,36,38)(H,40,41)/t20-,21-,22-,23-,24-,28-/m0/s1. The van der Waals surface area contributed by atoms with Crippen LogP contribution in [0.4, 0.5) is 0 Å². The van der Waals surface area contributed by atoms with E-state index in [0.29, 0.717) is 45.1 Å². The number of hydrogen-bond donors (Lipinski definition) is 7. The smallest absolute Gasteiger partial charge is 0.303 e. The Kier molecular flexibility index (Phi) is 20.7. The quantitative estimate of drug-likeness (QED) is 0.0887. The van der Waals surface area contributed by atoms with Gasteiger partial charge in [0.1, 0.15) is 18.1 Å². The zero-order valence-electron chi connectivity index (χ0n) is 27.7. The summed E-state index contributed by atoms with van der Waals surface area (Å²) < 4.78 is 0. The number of nitrogens with one attached hydrogen (secondary N) is 5. The van der Waals surface area contributed by atoms with Crippen LogP contribution in [0.5, 0.6) is 0 Å². The second-order valence-corrected chi connectivity index (χ2v) is 11.8. The highest BCUT2D eigenvalue weighted by molar-refractivity contribution is 5.92. The zero-order valence-corrected chi connectivity index (χ0v) is 27.7. The number of aliphatic hydroxyl groups is 1. The Morgan fingerprint density at radius 1 is 0.705 bits per heavy atom. The third kappa shape index (κ3) is 16.6. The first-order valence-corrected chi connectivity index (χ1v) is 16.1. The van der Waals surface area contributed by atoms with Crippen molar-refractivity contribution in [2.75, 3.05) is 6.54 Å². The lowest BCUT2D eigenvalue weighted by molar-refractivity contribution is -0.137. The highest BCUT2D eigenvalue weighted by Crippen LogP contribution is 2.14. The molecule has 0 heterocycles. The lowest BCUT2D eigenvalue weighted by atomic mass is 9.95. The van der Waals surface area contributed by atoms with E-state index in [9.17, 15) is 33.9 Å². The summed E-state index contributed by atoms with van der Waals surface area (Å²) in [5.41, 5.74) is 0. The lowest BCUT2D eigenvalue weighted by Crippen LogP contribution is -2.57. The molecule has 13 heteroatoms. The van der Waals surface area contributed by atoms with Gasteiger partial charge in [0.05, 0.1) is 18.6 Å². The van der Waals surface area contributed by atoms with Crippen LogP contribution in [0.15, 0.2) is 0 Å². The summed E-state index contributed by atoms with van der Waals surface area (Å²) in [4.78, 5) is 75.1. The SMILES string of the molecule is CCC[C@H](NC(=O)C[C@H](O)[C@H](CC(C)C)NC(=O)[C@H](CCC)NC(=O)[C@@H](NC(=O)CCCC(=O)O)[C@@H](C)CC)C(=O)NCC. The first-order chi connectivity index (χ1) is 20.7. The van der Waals surface area contributed by atoms with Crippen LogP contribution in [-0.2, 0) is 28.8 Å². The number of likely N-dealkylation sites (N-methyl/N-ethyl adjacent to an activating group) is 1. The molecule has 0 aliphatic heterocycles. The van der Waals surface area contributed by atoms with Gasteiger partial charge in [0.2, 0.25) is 29.5 Å². The van der Waals surface area contributed by atoms with Crippen molar-refractivity contribution in [2.45, 2.75) is 143 Å². The maximum Gasteiger partial charge on any atom is 0.303 e. The predicted octanol–water partition coefficient (Wildman–Crippen LogP) is 1.76. The Bertz CT molecular complexity index is 929. The lowest BCUT2D eigenvalue weighted by Gasteiger charge is -2.30. The van der Waals surface area contributed by atoms with Crippen LogP contribution in [0, 0.1) is 11.8 Å². The van der Waals surface area contributed by atoms with Gasteiger partial charge < -0.3 is 36.8 Å². The van der Waals surface area contributed by atoms with Crippen molar-refractivity contribution in [3.05, 3.63) is 0 Å². The van der Waals surface area contributed by atoms with Crippen LogP contribution in [0.25, 0.3) is 0 Å². The van der Waals surface area contributed by atoms with E-state index in [-0.39, 0.29) is 43.4 Å². The molecule has 0 aromatic rings. The number of carbonyl (C=O) groups excluding carboxylic acids is 5. The number of rotatable bonds is 23. The van der Waals surface area contributed by atoms with E-state index in [1.807, 2.05) is 34.6 Å².